The molecule has 1 aliphatic carbocycles. The van der Waals surface area contributed by atoms with Crippen molar-refractivity contribution in [3.8, 4) is 0 Å². The number of quaternary nitrogens is 1. The molecule has 0 bridgehead atoms. The van der Waals surface area contributed by atoms with Crippen LogP contribution in [0, 0.1) is 5.41 Å². The number of nitrogens with two attached hydrogens (primary N) is 1. The fourth-order valence-electron chi connectivity index (χ4n) is 2.05. The molecule has 2 fully saturated rings. The Morgan fingerprint density at radius 2 is 2.42 bits per heavy atom. The van der Waals surface area contributed by atoms with Gasteiger partial charge in [-0.25, -0.2) is 4.79 Å². The average Bonchev–Trinajstić information content (AvgIpc) is 2.77. The fourth-order valence-corrected chi connectivity index (χ4v) is 2.05. The number of hydrogen-bond acceptors (Lipinski definition) is 2. The molecule has 1 saturated carbocycles. The van der Waals surface area contributed by atoms with Gasteiger partial charge in [0.1, 0.15) is 5.41 Å². The molecule has 2 heterocycles. The third-order valence-corrected chi connectivity index (χ3v) is 3.04. The van der Waals surface area contributed by atoms with E-state index >= 15 is 0 Å². The van der Waals surface area contributed by atoms with Crippen LogP contribution in [0.1, 0.15) is 24.6 Å². The summed E-state index contributed by atoms with van der Waals surface area (Å²) >= 11 is 0. The van der Waals surface area contributed by atoms with Gasteiger partial charge in [-0.3, -0.25) is 5.32 Å². The number of hydrogen-bond donors (Lipinski definition) is 1. The monoisotopic (exact) mass is 164 g/mol. The minimum atomic E-state index is -0.0160. The van der Waals surface area contributed by atoms with Crippen LogP contribution in [0.5, 0.6) is 0 Å². The van der Waals surface area contributed by atoms with Gasteiger partial charge in [0.25, 0.3) is 0 Å². The van der Waals surface area contributed by atoms with E-state index in [1.165, 1.54) is 0 Å². The molecule has 1 atom stereocenters. The molecule has 1 spiro atoms. The zero-order valence-electron chi connectivity index (χ0n) is 6.62. The highest BCUT2D eigenvalue weighted by molar-refractivity contribution is 5.82. The van der Waals surface area contributed by atoms with Crippen molar-refractivity contribution in [3.05, 3.63) is 24.2 Å². The molecule has 3 heteroatoms. The second-order valence-corrected chi connectivity index (χ2v) is 3.68. The zero-order valence-corrected chi connectivity index (χ0v) is 6.62. The Labute approximate surface area is 69.8 Å². The summed E-state index contributed by atoms with van der Waals surface area (Å²) in [6.45, 7) is 0. The van der Waals surface area contributed by atoms with Crippen molar-refractivity contribution in [1.82, 2.24) is 0 Å². The van der Waals surface area contributed by atoms with E-state index < -0.39 is 0 Å². The Hall–Kier alpha value is -1.09. The maximum Gasteiger partial charge on any atom is 0.323 e. The van der Waals surface area contributed by atoms with E-state index in [4.69, 9.17) is 4.42 Å². The molecule has 2 aliphatic rings. The molecule has 1 aromatic heterocycles. The van der Waals surface area contributed by atoms with Gasteiger partial charge in [-0.2, -0.15) is 0 Å². The Bertz CT molecular complexity index is 324. The number of carbonyl (C=O) groups excluding carboxylic acids is 1. The summed E-state index contributed by atoms with van der Waals surface area (Å²) in [5.41, 5.74) is -0.0160. The van der Waals surface area contributed by atoms with Crippen molar-refractivity contribution in [2.45, 2.75) is 18.9 Å². The smallest absolute Gasteiger partial charge is 0.323 e. The van der Waals surface area contributed by atoms with E-state index in [2.05, 4.69) is 0 Å². The molecule has 1 amide bonds. The second-order valence-electron chi connectivity index (χ2n) is 3.68. The van der Waals surface area contributed by atoms with Gasteiger partial charge in [0, 0.05) is 0 Å². The van der Waals surface area contributed by atoms with Gasteiger partial charge in [0.15, 0.2) is 11.8 Å². The largest absolute Gasteiger partial charge is 0.463 e. The summed E-state index contributed by atoms with van der Waals surface area (Å²) in [7, 11) is 0. The second kappa shape index (κ2) is 1.80. The molecular weight excluding hydrogens is 154 g/mol. The zero-order chi connectivity index (χ0) is 8.18. The first kappa shape index (κ1) is 6.43. The van der Waals surface area contributed by atoms with Crippen LogP contribution in [0.3, 0.4) is 0 Å². The number of primary amides is 1. The quantitative estimate of drug-likeness (QED) is 0.603. The molecule has 0 radical (unpaired) electrons. The lowest BCUT2D eigenvalue weighted by Crippen LogP contribution is -3.02. The lowest BCUT2D eigenvalue weighted by atomic mass is 9.85. The highest BCUT2D eigenvalue weighted by Gasteiger charge is 2.70. The van der Waals surface area contributed by atoms with Crippen LogP contribution < -0.4 is 5.32 Å². The van der Waals surface area contributed by atoms with Crippen LogP contribution in [0.25, 0.3) is 0 Å². The Morgan fingerprint density at radius 3 is 2.92 bits per heavy atom. The summed E-state index contributed by atoms with van der Waals surface area (Å²) < 4.78 is 5.28. The summed E-state index contributed by atoms with van der Waals surface area (Å²) in [5.74, 6) is 1.27. The number of amides is 1. The van der Waals surface area contributed by atoms with E-state index in [-0.39, 0.29) is 11.5 Å². The van der Waals surface area contributed by atoms with Crippen LogP contribution in [0.15, 0.2) is 22.8 Å². The van der Waals surface area contributed by atoms with Crippen molar-refractivity contribution < 1.29 is 14.5 Å². The van der Waals surface area contributed by atoms with Crippen molar-refractivity contribution >= 4 is 5.91 Å². The Balaban J connectivity index is 1.94. The first-order valence-electron chi connectivity index (χ1n) is 4.26. The number of furan rings is 1. The van der Waals surface area contributed by atoms with Gasteiger partial charge in [-0.1, -0.05) is 0 Å². The highest BCUT2D eigenvalue weighted by atomic mass is 16.3. The van der Waals surface area contributed by atoms with Gasteiger partial charge in [-0.05, 0) is 25.0 Å². The third-order valence-electron chi connectivity index (χ3n) is 3.04. The van der Waals surface area contributed by atoms with E-state index in [1.807, 2.05) is 12.1 Å². The molecule has 12 heavy (non-hydrogen) atoms. The lowest BCUT2D eigenvalue weighted by Gasteiger charge is -2.29. The van der Waals surface area contributed by atoms with E-state index in [0.29, 0.717) is 5.91 Å². The molecule has 62 valence electrons. The molecular formula is C9H10NO2+. The minimum absolute atomic E-state index is 0.0160. The normalized spacial score (nSPS) is 30.3. The first-order chi connectivity index (χ1) is 5.83. The SMILES string of the molecule is O=C1[NH2+][C@H](c2ccco2)C12CC2. The first-order valence-corrected chi connectivity index (χ1v) is 4.26. The van der Waals surface area contributed by atoms with Crippen molar-refractivity contribution in [1.29, 1.82) is 0 Å². The molecule has 0 unspecified atom stereocenters. The van der Waals surface area contributed by atoms with Gasteiger partial charge in [0.05, 0.1) is 6.26 Å². The maximum atomic E-state index is 11.2. The number of β-lactam (4-membered cyclic amide) rings is 1. The van der Waals surface area contributed by atoms with E-state index in [0.717, 1.165) is 18.6 Å². The third kappa shape index (κ3) is 0.583. The van der Waals surface area contributed by atoms with Crippen LogP contribution >= 0.6 is 0 Å². The van der Waals surface area contributed by atoms with Crippen molar-refractivity contribution in [3.63, 3.8) is 0 Å². The predicted octanol–water partition coefficient (Wildman–Crippen LogP) is 0.204. The molecule has 1 saturated heterocycles. The van der Waals surface area contributed by atoms with Crippen LogP contribution in [0.4, 0.5) is 0 Å². The number of carbonyl (C=O) groups is 1. The molecule has 3 nitrogen and oxygen atoms in total. The predicted molar refractivity (Wildman–Crippen MR) is 40.0 cm³/mol. The van der Waals surface area contributed by atoms with Gasteiger partial charge < -0.3 is 4.42 Å². The van der Waals surface area contributed by atoms with Crippen LogP contribution in [-0.2, 0) is 4.79 Å². The summed E-state index contributed by atoms with van der Waals surface area (Å²) in [6.07, 6.45) is 3.77. The molecule has 3 rings (SSSR count). The fraction of sp³-hybridized carbons (Fsp3) is 0.444. The maximum absolute atomic E-state index is 11.2. The van der Waals surface area contributed by atoms with Crippen LogP contribution in [0.2, 0.25) is 0 Å². The van der Waals surface area contributed by atoms with E-state index in [9.17, 15) is 4.79 Å². The van der Waals surface area contributed by atoms with E-state index in [1.54, 1.807) is 11.6 Å². The van der Waals surface area contributed by atoms with Crippen LogP contribution in [-0.4, -0.2) is 5.91 Å². The standard InChI is InChI=1S/C9H9NO2/c11-8-9(3-4-9)7(10-8)6-2-1-5-12-6/h1-2,5,7H,3-4H2,(H,10,11)/p+1/t7-/m1/s1. The Morgan fingerprint density at radius 1 is 1.58 bits per heavy atom. The highest BCUT2D eigenvalue weighted by Crippen LogP contribution is 2.56. The van der Waals surface area contributed by atoms with Crippen molar-refractivity contribution in [2.75, 3.05) is 0 Å². The topological polar surface area (TPSA) is 46.8 Å². The summed E-state index contributed by atoms with van der Waals surface area (Å²) in [6, 6.07) is 4.11. The van der Waals surface area contributed by atoms with Gasteiger partial charge in [-0.15, -0.1) is 0 Å². The lowest BCUT2D eigenvalue weighted by molar-refractivity contribution is -0.675. The summed E-state index contributed by atoms with van der Waals surface area (Å²) in [4.78, 5) is 11.2. The molecule has 1 aliphatic heterocycles. The minimum Gasteiger partial charge on any atom is -0.463 e. The van der Waals surface area contributed by atoms with Crippen molar-refractivity contribution in [2.24, 2.45) is 5.41 Å². The van der Waals surface area contributed by atoms with Gasteiger partial charge in [0.2, 0.25) is 0 Å². The van der Waals surface area contributed by atoms with Gasteiger partial charge >= 0.3 is 5.91 Å². The summed E-state index contributed by atoms with van der Waals surface area (Å²) in [5, 5.41) is 1.78. The Kier molecular flexibility index (Phi) is 0.964. The molecule has 2 N–H and O–H groups in total. The molecule has 1 aromatic rings. The average molecular weight is 164 g/mol. The number of rotatable bonds is 1. The molecule has 0 aromatic carbocycles.